The molecule has 1 aliphatic rings. The molecule has 1 atom stereocenters. The van der Waals surface area contributed by atoms with Crippen LogP contribution in [0.25, 0.3) is 0 Å². The lowest BCUT2D eigenvalue weighted by atomic mass is 10.1. The number of benzene rings is 2. The zero-order chi connectivity index (χ0) is 22.8. The maximum atomic E-state index is 12.9. The Morgan fingerprint density at radius 2 is 1.84 bits per heavy atom. The smallest absolute Gasteiger partial charge is 0.416 e. The first-order valence-corrected chi connectivity index (χ1v) is 10.4. The van der Waals surface area contributed by atoms with Crippen LogP contribution in [0, 0.1) is 0 Å². The average molecular weight is 453 g/mol. The second kappa shape index (κ2) is 11.8. The summed E-state index contributed by atoms with van der Waals surface area (Å²) < 4.78 is 60.4. The van der Waals surface area contributed by atoms with Crippen LogP contribution < -0.4 is 5.32 Å². The first-order valence-electron chi connectivity index (χ1n) is 10.4. The number of ether oxygens (including phenoxy) is 4. The van der Waals surface area contributed by atoms with Gasteiger partial charge in [0.15, 0.2) is 6.29 Å². The molecule has 1 saturated heterocycles. The first kappa shape index (κ1) is 24.0. The Morgan fingerprint density at radius 1 is 1.03 bits per heavy atom. The summed E-state index contributed by atoms with van der Waals surface area (Å²) in [5, 5.41) is 2.85. The number of alkyl halides is 3. The fraction of sp³-hybridized carbons (Fsp3) is 0.435. The number of hydrogen-bond donors (Lipinski definition) is 1. The van der Waals surface area contributed by atoms with Gasteiger partial charge in [-0.15, -0.1) is 0 Å². The number of esters is 1. The molecule has 174 valence electrons. The number of nitrogens with one attached hydrogen (secondary N) is 1. The molecule has 0 aliphatic carbocycles. The summed E-state index contributed by atoms with van der Waals surface area (Å²) in [4.78, 5) is 12.4. The van der Waals surface area contributed by atoms with Crippen LogP contribution in [0.5, 0.6) is 0 Å². The number of para-hydroxylation sites is 1. The number of carbonyl (C=O) groups is 1. The highest BCUT2D eigenvalue weighted by molar-refractivity contribution is 5.96. The van der Waals surface area contributed by atoms with E-state index in [2.05, 4.69) is 5.32 Å². The van der Waals surface area contributed by atoms with E-state index in [-0.39, 0.29) is 30.8 Å². The van der Waals surface area contributed by atoms with Crippen molar-refractivity contribution < 1.29 is 36.9 Å². The van der Waals surface area contributed by atoms with E-state index in [4.69, 9.17) is 18.9 Å². The molecule has 9 heteroatoms. The number of hydrogen-bond acceptors (Lipinski definition) is 6. The van der Waals surface area contributed by atoms with Crippen LogP contribution in [0.2, 0.25) is 0 Å². The molecule has 0 saturated carbocycles. The van der Waals surface area contributed by atoms with Gasteiger partial charge in [-0.3, -0.25) is 0 Å². The molecule has 1 N–H and O–H groups in total. The van der Waals surface area contributed by atoms with Crippen molar-refractivity contribution in [2.45, 2.75) is 31.7 Å². The summed E-state index contributed by atoms with van der Waals surface area (Å²) in [5.74, 6) is -0.601. The van der Waals surface area contributed by atoms with Gasteiger partial charge in [-0.1, -0.05) is 18.2 Å². The van der Waals surface area contributed by atoms with Crippen LogP contribution in [0.4, 0.5) is 24.5 Å². The molecule has 1 fully saturated rings. The van der Waals surface area contributed by atoms with Crippen molar-refractivity contribution in [3.63, 3.8) is 0 Å². The summed E-state index contributed by atoms with van der Waals surface area (Å²) in [5.41, 5.74) is -0.00888. The molecular weight excluding hydrogens is 427 g/mol. The third kappa shape index (κ3) is 7.51. The van der Waals surface area contributed by atoms with Crippen molar-refractivity contribution in [2.75, 3.05) is 38.4 Å². The molecular formula is C23H26F3NO5. The molecule has 0 spiro atoms. The molecule has 2 aromatic carbocycles. The van der Waals surface area contributed by atoms with E-state index in [1.807, 2.05) is 0 Å². The van der Waals surface area contributed by atoms with E-state index in [1.165, 1.54) is 18.2 Å². The highest BCUT2D eigenvalue weighted by Crippen LogP contribution is 2.32. The highest BCUT2D eigenvalue weighted by Gasteiger charge is 2.30. The van der Waals surface area contributed by atoms with Crippen molar-refractivity contribution in [1.82, 2.24) is 0 Å². The Bertz CT molecular complexity index is 869. The first-order chi connectivity index (χ1) is 15.4. The standard InChI is InChI=1S/C23H26F3NO5/c24-23(25,26)17-6-5-7-18(16-17)27-20-9-2-1-8-19(20)22(28)32-15-13-29-12-14-31-21-10-3-4-11-30-21/h1-2,5-9,16,21,27H,3-4,10-15H2. The summed E-state index contributed by atoms with van der Waals surface area (Å²) in [6, 6.07) is 11.2. The van der Waals surface area contributed by atoms with Crippen LogP contribution in [-0.4, -0.2) is 45.3 Å². The molecule has 6 nitrogen and oxygen atoms in total. The van der Waals surface area contributed by atoms with Gasteiger partial charge in [0.05, 0.1) is 36.6 Å². The zero-order valence-electron chi connectivity index (χ0n) is 17.5. The molecule has 1 heterocycles. The van der Waals surface area contributed by atoms with Crippen molar-refractivity contribution in [1.29, 1.82) is 0 Å². The predicted octanol–water partition coefficient (Wildman–Crippen LogP) is 5.17. The molecule has 0 bridgehead atoms. The lowest BCUT2D eigenvalue weighted by molar-refractivity contribution is -0.169. The van der Waals surface area contributed by atoms with Crippen LogP contribution >= 0.6 is 0 Å². The largest absolute Gasteiger partial charge is 0.460 e. The Hall–Kier alpha value is -2.62. The minimum Gasteiger partial charge on any atom is -0.460 e. The molecule has 1 aliphatic heterocycles. The van der Waals surface area contributed by atoms with Gasteiger partial charge in [-0.25, -0.2) is 4.79 Å². The number of halogens is 3. The highest BCUT2D eigenvalue weighted by atomic mass is 19.4. The topological polar surface area (TPSA) is 66.0 Å². The number of carbonyl (C=O) groups excluding carboxylic acids is 1. The van der Waals surface area contributed by atoms with E-state index < -0.39 is 17.7 Å². The van der Waals surface area contributed by atoms with Gasteiger partial charge >= 0.3 is 12.1 Å². The number of rotatable bonds is 10. The molecule has 32 heavy (non-hydrogen) atoms. The van der Waals surface area contributed by atoms with Crippen LogP contribution in [0.15, 0.2) is 48.5 Å². The molecule has 2 aromatic rings. The maximum absolute atomic E-state index is 12.9. The molecule has 0 amide bonds. The van der Waals surface area contributed by atoms with Gasteiger partial charge in [-0.2, -0.15) is 13.2 Å². The minimum atomic E-state index is -4.45. The fourth-order valence-corrected chi connectivity index (χ4v) is 3.15. The van der Waals surface area contributed by atoms with E-state index in [0.717, 1.165) is 31.4 Å². The van der Waals surface area contributed by atoms with Crippen molar-refractivity contribution in [2.24, 2.45) is 0 Å². The zero-order valence-corrected chi connectivity index (χ0v) is 17.5. The van der Waals surface area contributed by atoms with Gasteiger partial charge in [0, 0.05) is 12.3 Å². The van der Waals surface area contributed by atoms with Crippen LogP contribution in [-0.2, 0) is 25.1 Å². The summed E-state index contributed by atoms with van der Waals surface area (Å²) in [6.45, 7) is 1.69. The van der Waals surface area contributed by atoms with Gasteiger partial charge in [0.2, 0.25) is 0 Å². The normalized spacial score (nSPS) is 16.5. The van der Waals surface area contributed by atoms with E-state index in [9.17, 15) is 18.0 Å². The second-order valence-corrected chi connectivity index (χ2v) is 7.16. The Balaban J connectivity index is 1.44. The molecule has 0 aromatic heterocycles. The average Bonchev–Trinajstić information content (AvgIpc) is 2.79. The minimum absolute atomic E-state index is 0.0383. The van der Waals surface area contributed by atoms with Gasteiger partial charge in [0.1, 0.15) is 6.61 Å². The number of anilines is 2. The van der Waals surface area contributed by atoms with Gasteiger partial charge in [-0.05, 0) is 49.6 Å². The van der Waals surface area contributed by atoms with Crippen LogP contribution in [0.3, 0.4) is 0 Å². The monoisotopic (exact) mass is 453 g/mol. The third-order valence-corrected chi connectivity index (χ3v) is 4.75. The maximum Gasteiger partial charge on any atom is 0.416 e. The third-order valence-electron chi connectivity index (χ3n) is 4.75. The molecule has 3 rings (SSSR count). The summed E-state index contributed by atoms with van der Waals surface area (Å²) in [6.07, 6.45) is -1.60. The van der Waals surface area contributed by atoms with E-state index >= 15 is 0 Å². The Kier molecular flexibility index (Phi) is 8.90. The Labute approximate surface area is 184 Å². The van der Waals surface area contributed by atoms with E-state index in [1.54, 1.807) is 18.2 Å². The van der Waals surface area contributed by atoms with Crippen LogP contribution in [0.1, 0.15) is 35.2 Å². The fourth-order valence-electron chi connectivity index (χ4n) is 3.15. The second-order valence-electron chi connectivity index (χ2n) is 7.16. The molecule has 1 unspecified atom stereocenters. The van der Waals surface area contributed by atoms with Crippen molar-refractivity contribution >= 4 is 17.3 Å². The summed E-state index contributed by atoms with van der Waals surface area (Å²) >= 11 is 0. The van der Waals surface area contributed by atoms with Gasteiger partial charge < -0.3 is 24.3 Å². The van der Waals surface area contributed by atoms with E-state index in [0.29, 0.717) is 25.5 Å². The predicted molar refractivity (Wildman–Crippen MR) is 112 cm³/mol. The lowest BCUT2D eigenvalue weighted by Gasteiger charge is -2.22. The molecule has 0 radical (unpaired) electrons. The van der Waals surface area contributed by atoms with Crippen molar-refractivity contribution in [3.05, 3.63) is 59.7 Å². The Morgan fingerprint density at radius 3 is 2.62 bits per heavy atom. The lowest BCUT2D eigenvalue weighted by Crippen LogP contribution is -2.24. The quantitative estimate of drug-likeness (QED) is 0.396. The van der Waals surface area contributed by atoms with Crippen molar-refractivity contribution in [3.8, 4) is 0 Å². The SMILES string of the molecule is O=C(OCCOCCOC1CCCCO1)c1ccccc1Nc1cccc(C(F)(F)F)c1. The van der Waals surface area contributed by atoms with Gasteiger partial charge in [0.25, 0.3) is 0 Å². The summed E-state index contributed by atoms with van der Waals surface area (Å²) in [7, 11) is 0.